The average Bonchev–Trinajstić information content (AvgIpc) is 3.09. The van der Waals surface area contributed by atoms with Crippen molar-refractivity contribution in [2.24, 2.45) is 0 Å². The van der Waals surface area contributed by atoms with Gasteiger partial charge in [-0.25, -0.2) is 0 Å². The molecule has 0 spiro atoms. The minimum absolute atomic E-state index is 0.0598. The number of carbonyl (C=O) groups excluding carboxylic acids is 1. The molecular weight excluding hydrogens is 362 g/mol. The zero-order valence-corrected chi connectivity index (χ0v) is 17.2. The Balaban J connectivity index is 1.89. The van der Waals surface area contributed by atoms with Crippen molar-refractivity contribution in [3.8, 4) is 11.5 Å². The maximum absolute atomic E-state index is 12.2. The van der Waals surface area contributed by atoms with Gasteiger partial charge in [0.25, 0.3) is 0 Å². The van der Waals surface area contributed by atoms with Crippen LogP contribution < -0.4 is 14.8 Å². The van der Waals surface area contributed by atoms with E-state index < -0.39 is 0 Å². The molecule has 6 nitrogen and oxygen atoms in total. The Bertz CT molecular complexity index is 718. The summed E-state index contributed by atoms with van der Waals surface area (Å²) in [7, 11) is 0. The lowest BCUT2D eigenvalue weighted by atomic mass is 10.1. The minimum atomic E-state index is -0.0598. The van der Waals surface area contributed by atoms with E-state index in [0.717, 1.165) is 47.8 Å². The summed E-state index contributed by atoms with van der Waals surface area (Å²) in [4.78, 5) is 12.2. The van der Waals surface area contributed by atoms with Gasteiger partial charge < -0.3 is 14.8 Å². The molecule has 0 atom stereocenters. The monoisotopic (exact) mass is 391 g/mol. The van der Waals surface area contributed by atoms with Crippen LogP contribution in [0.15, 0.2) is 18.2 Å². The number of anilines is 1. The predicted molar refractivity (Wildman–Crippen MR) is 109 cm³/mol. The molecule has 27 heavy (non-hydrogen) atoms. The van der Waals surface area contributed by atoms with E-state index in [1.807, 2.05) is 25.1 Å². The molecule has 7 heteroatoms. The van der Waals surface area contributed by atoms with E-state index in [4.69, 9.17) is 9.47 Å². The normalized spacial score (nSPS) is 10.6. The number of amides is 1. The zero-order valence-electron chi connectivity index (χ0n) is 16.4. The van der Waals surface area contributed by atoms with Gasteiger partial charge in [-0.2, -0.15) is 0 Å². The molecule has 1 amide bonds. The molecule has 0 aliphatic carbocycles. The lowest BCUT2D eigenvalue weighted by Gasteiger charge is -2.13. The lowest BCUT2D eigenvalue weighted by Crippen LogP contribution is -2.12. The number of ether oxygens (including phenoxy) is 2. The van der Waals surface area contributed by atoms with Gasteiger partial charge in [-0.3, -0.25) is 4.79 Å². The third-order valence-electron chi connectivity index (χ3n) is 3.88. The van der Waals surface area contributed by atoms with Crippen LogP contribution in [-0.4, -0.2) is 29.3 Å². The van der Waals surface area contributed by atoms with Gasteiger partial charge in [-0.1, -0.05) is 37.7 Å². The number of carbonyl (C=O) groups is 1. The van der Waals surface area contributed by atoms with Crippen molar-refractivity contribution in [2.75, 3.05) is 18.5 Å². The zero-order chi connectivity index (χ0) is 19.5. The highest BCUT2D eigenvalue weighted by Crippen LogP contribution is 2.29. The molecule has 1 N–H and O–H groups in total. The Kier molecular flexibility index (Phi) is 9.04. The lowest BCUT2D eigenvalue weighted by molar-refractivity contribution is -0.116. The number of aromatic nitrogens is 2. The molecule has 1 aromatic carbocycles. The number of unbranched alkanes of at least 4 members (excludes halogenated alkanes) is 1. The SMILES string of the molecule is CCCCOc1ccc(CCC(=O)Nc2nnc(CCC)s2)cc1OCC. The third kappa shape index (κ3) is 7.17. The topological polar surface area (TPSA) is 73.3 Å². The van der Waals surface area contributed by atoms with Gasteiger partial charge in [0.2, 0.25) is 11.0 Å². The van der Waals surface area contributed by atoms with Crippen LogP contribution in [0.4, 0.5) is 5.13 Å². The van der Waals surface area contributed by atoms with Crippen molar-refractivity contribution in [1.29, 1.82) is 0 Å². The Morgan fingerprint density at radius 1 is 1.07 bits per heavy atom. The molecule has 2 aromatic rings. The smallest absolute Gasteiger partial charge is 0.226 e. The first-order valence-electron chi connectivity index (χ1n) is 9.67. The molecule has 0 unspecified atom stereocenters. The second-order valence-electron chi connectivity index (χ2n) is 6.22. The fourth-order valence-corrected chi connectivity index (χ4v) is 3.34. The summed E-state index contributed by atoms with van der Waals surface area (Å²) in [5.74, 6) is 1.44. The molecule has 148 valence electrons. The fraction of sp³-hybridized carbons (Fsp3) is 0.550. The van der Waals surface area contributed by atoms with Crippen LogP contribution in [0, 0.1) is 0 Å². The van der Waals surface area contributed by atoms with Crippen LogP contribution in [0.5, 0.6) is 11.5 Å². The van der Waals surface area contributed by atoms with E-state index >= 15 is 0 Å². The van der Waals surface area contributed by atoms with E-state index in [-0.39, 0.29) is 5.91 Å². The summed E-state index contributed by atoms with van der Waals surface area (Å²) in [5.41, 5.74) is 1.04. The van der Waals surface area contributed by atoms with Gasteiger partial charge in [-0.05, 0) is 43.9 Å². The van der Waals surface area contributed by atoms with Gasteiger partial charge in [0.1, 0.15) is 5.01 Å². The molecule has 0 fully saturated rings. The molecule has 0 aliphatic rings. The Morgan fingerprint density at radius 2 is 1.93 bits per heavy atom. The van der Waals surface area contributed by atoms with Crippen molar-refractivity contribution < 1.29 is 14.3 Å². The highest BCUT2D eigenvalue weighted by Gasteiger charge is 2.10. The number of hydrogen-bond donors (Lipinski definition) is 1. The van der Waals surface area contributed by atoms with Crippen molar-refractivity contribution >= 4 is 22.4 Å². The standard InChI is InChI=1S/C20H29N3O3S/c1-4-7-13-26-16-11-9-15(14-17(16)25-6-3)10-12-18(24)21-20-23-22-19(27-20)8-5-2/h9,11,14H,4-8,10,12-13H2,1-3H3,(H,21,23,24). The van der Waals surface area contributed by atoms with Crippen LogP contribution in [0.2, 0.25) is 0 Å². The molecule has 0 radical (unpaired) electrons. The largest absolute Gasteiger partial charge is 0.490 e. The first-order valence-corrected chi connectivity index (χ1v) is 10.5. The maximum Gasteiger partial charge on any atom is 0.226 e. The summed E-state index contributed by atoms with van der Waals surface area (Å²) in [6.45, 7) is 7.43. The quantitative estimate of drug-likeness (QED) is 0.534. The third-order valence-corrected chi connectivity index (χ3v) is 4.78. The van der Waals surface area contributed by atoms with Crippen molar-refractivity contribution in [3.05, 3.63) is 28.8 Å². The van der Waals surface area contributed by atoms with E-state index in [1.165, 1.54) is 11.3 Å². The van der Waals surface area contributed by atoms with Gasteiger partial charge in [-0.15, -0.1) is 10.2 Å². The van der Waals surface area contributed by atoms with Crippen molar-refractivity contribution in [1.82, 2.24) is 10.2 Å². The van der Waals surface area contributed by atoms with Crippen LogP contribution in [0.25, 0.3) is 0 Å². The van der Waals surface area contributed by atoms with Crippen LogP contribution in [-0.2, 0) is 17.6 Å². The van der Waals surface area contributed by atoms with E-state index in [2.05, 4.69) is 29.4 Å². The number of aryl methyl sites for hydroxylation is 2. The Hall–Kier alpha value is -2.15. The first kappa shape index (κ1) is 21.2. The highest BCUT2D eigenvalue weighted by molar-refractivity contribution is 7.15. The van der Waals surface area contributed by atoms with Crippen LogP contribution in [0.1, 0.15) is 57.0 Å². The number of nitrogens with zero attached hydrogens (tertiary/aromatic N) is 2. The van der Waals surface area contributed by atoms with E-state index in [9.17, 15) is 4.79 Å². The highest BCUT2D eigenvalue weighted by atomic mass is 32.1. The molecule has 0 saturated carbocycles. The summed E-state index contributed by atoms with van der Waals surface area (Å²) in [6, 6.07) is 5.87. The van der Waals surface area contributed by atoms with Crippen molar-refractivity contribution in [2.45, 2.75) is 59.3 Å². The van der Waals surface area contributed by atoms with E-state index in [0.29, 0.717) is 31.2 Å². The molecule has 1 aromatic heterocycles. The summed E-state index contributed by atoms with van der Waals surface area (Å²) in [5, 5.41) is 12.4. The van der Waals surface area contributed by atoms with E-state index in [1.54, 1.807) is 0 Å². The average molecular weight is 392 g/mol. The Morgan fingerprint density at radius 3 is 2.67 bits per heavy atom. The second-order valence-corrected chi connectivity index (χ2v) is 7.28. The van der Waals surface area contributed by atoms with Gasteiger partial charge in [0, 0.05) is 12.8 Å². The number of benzene rings is 1. The predicted octanol–water partition coefficient (Wildman–Crippen LogP) is 4.64. The Labute approximate surface area is 165 Å². The summed E-state index contributed by atoms with van der Waals surface area (Å²) >= 11 is 1.44. The first-order chi connectivity index (χ1) is 13.2. The molecule has 1 heterocycles. The summed E-state index contributed by atoms with van der Waals surface area (Å²) in [6.07, 6.45) is 5.01. The number of hydrogen-bond acceptors (Lipinski definition) is 6. The second kappa shape index (κ2) is 11.5. The molecule has 0 bridgehead atoms. The van der Waals surface area contributed by atoms with Crippen LogP contribution in [0.3, 0.4) is 0 Å². The molecule has 0 aliphatic heterocycles. The summed E-state index contributed by atoms with van der Waals surface area (Å²) < 4.78 is 11.5. The molecule has 0 saturated heterocycles. The fourth-order valence-electron chi connectivity index (χ4n) is 2.48. The van der Waals surface area contributed by atoms with Gasteiger partial charge in [0.05, 0.1) is 13.2 Å². The number of rotatable bonds is 12. The minimum Gasteiger partial charge on any atom is -0.490 e. The van der Waals surface area contributed by atoms with Crippen molar-refractivity contribution in [3.63, 3.8) is 0 Å². The van der Waals surface area contributed by atoms with Crippen LogP contribution >= 0.6 is 11.3 Å². The maximum atomic E-state index is 12.2. The van der Waals surface area contributed by atoms with Gasteiger partial charge in [0.15, 0.2) is 11.5 Å². The van der Waals surface area contributed by atoms with Gasteiger partial charge >= 0.3 is 0 Å². The molecule has 2 rings (SSSR count). The molecular formula is C20H29N3O3S. The number of nitrogens with one attached hydrogen (secondary N) is 1.